The van der Waals surface area contributed by atoms with Crippen LogP contribution in [-0.4, -0.2) is 35.7 Å². The second-order valence-electron chi connectivity index (χ2n) is 2.95. The van der Waals surface area contributed by atoms with Crippen molar-refractivity contribution in [2.45, 2.75) is 25.4 Å². The second kappa shape index (κ2) is 3.94. The van der Waals surface area contributed by atoms with Gasteiger partial charge in [0.25, 0.3) is 0 Å². The number of aliphatic hydroxyl groups is 1. The average molecular weight is 142 g/mol. The lowest BCUT2D eigenvalue weighted by atomic mass is 10.1. The van der Waals surface area contributed by atoms with Crippen LogP contribution in [0.2, 0.25) is 0 Å². The number of aliphatic hydroxyl groups excluding tert-OH is 1. The van der Waals surface area contributed by atoms with Crippen LogP contribution in [0.5, 0.6) is 0 Å². The fraction of sp³-hybridized carbons (Fsp3) is 0.875. The van der Waals surface area contributed by atoms with Gasteiger partial charge in [-0.1, -0.05) is 6.92 Å². The lowest BCUT2D eigenvalue weighted by Crippen LogP contribution is -2.38. The second-order valence-corrected chi connectivity index (χ2v) is 2.95. The Morgan fingerprint density at radius 1 is 1.60 bits per heavy atom. The van der Waals surface area contributed by atoms with Gasteiger partial charge in [0.1, 0.15) is 0 Å². The topological polar surface area (TPSA) is 23.5 Å². The van der Waals surface area contributed by atoms with Gasteiger partial charge in [-0.05, 0) is 32.4 Å². The molecule has 1 atom stereocenters. The molecule has 1 rings (SSSR count). The maximum absolute atomic E-state index is 9.24. The molecule has 1 fully saturated rings. The molecule has 0 amide bonds. The van der Waals surface area contributed by atoms with Crippen LogP contribution in [0.3, 0.4) is 0 Å². The smallest absolute Gasteiger partial charge is 0.0667 e. The molecular formula is C8H16NO. The predicted molar refractivity (Wildman–Crippen MR) is 41.7 cm³/mol. The first kappa shape index (κ1) is 8.02. The Morgan fingerprint density at radius 3 is 3.00 bits per heavy atom. The fourth-order valence-corrected chi connectivity index (χ4v) is 1.46. The number of rotatable bonds is 2. The van der Waals surface area contributed by atoms with Gasteiger partial charge in [-0.3, -0.25) is 0 Å². The lowest BCUT2D eigenvalue weighted by molar-refractivity contribution is 0.0716. The van der Waals surface area contributed by atoms with Crippen LogP contribution in [0.1, 0.15) is 19.3 Å². The third kappa shape index (κ3) is 2.27. The van der Waals surface area contributed by atoms with E-state index in [2.05, 4.69) is 11.8 Å². The van der Waals surface area contributed by atoms with Crippen molar-refractivity contribution in [2.75, 3.05) is 19.6 Å². The highest BCUT2D eigenvalue weighted by molar-refractivity contribution is 4.71. The van der Waals surface area contributed by atoms with Crippen LogP contribution in [0.25, 0.3) is 0 Å². The number of likely N-dealkylation sites (tertiary alicyclic amines) is 1. The van der Waals surface area contributed by atoms with Crippen molar-refractivity contribution >= 4 is 0 Å². The molecule has 10 heavy (non-hydrogen) atoms. The Morgan fingerprint density at radius 2 is 2.40 bits per heavy atom. The van der Waals surface area contributed by atoms with Crippen LogP contribution in [0, 0.1) is 6.92 Å². The van der Waals surface area contributed by atoms with E-state index in [1.54, 1.807) is 0 Å². The summed E-state index contributed by atoms with van der Waals surface area (Å²) in [6, 6.07) is 0. The molecule has 2 nitrogen and oxygen atoms in total. The third-order valence-corrected chi connectivity index (χ3v) is 1.95. The Kier molecular flexibility index (Phi) is 3.16. The van der Waals surface area contributed by atoms with Crippen LogP contribution >= 0.6 is 0 Å². The minimum absolute atomic E-state index is 0.0831. The number of hydrogen-bond donors (Lipinski definition) is 1. The van der Waals surface area contributed by atoms with Crippen LogP contribution in [-0.2, 0) is 0 Å². The molecule has 59 valence electrons. The van der Waals surface area contributed by atoms with Gasteiger partial charge < -0.3 is 10.0 Å². The van der Waals surface area contributed by atoms with Crippen LogP contribution in [0.15, 0.2) is 0 Å². The van der Waals surface area contributed by atoms with Crippen molar-refractivity contribution in [2.24, 2.45) is 0 Å². The third-order valence-electron chi connectivity index (χ3n) is 1.95. The van der Waals surface area contributed by atoms with Gasteiger partial charge in [-0.2, -0.15) is 0 Å². The summed E-state index contributed by atoms with van der Waals surface area (Å²) in [5, 5.41) is 9.24. The summed E-state index contributed by atoms with van der Waals surface area (Å²) in [4.78, 5) is 2.28. The molecule has 0 unspecified atom stereocenters. The van der Waals surface area contributed by atoms with Crippen LogP contribution in [0.4, 0.5) is 0 Å². The van der Waals surface area contributed by atoms with E-state index in [9.17, 15) is 5.11 Å². The standard InChI is InChI=1S/C8H16NO/c1-2-5-9-6-3-4-8(10)7-9/h8,10H,1-7H2/t8-/m0/s1. The summed E-state index contributed by atoms with van der Waals surface area (Å²) in [6.07, 6.45) is 2.99. The lowest BCUT2D eigenvalue weighted by Gasteiger charge is -2.29. The Bertz CT molecular complexity index is 93.3. The molecule has 1 radical (unpaired) electrons. The highest BCUT2D eigenvalue weighted by Gasteiger charge is 2.15. The predicted octanol–water partition coefficient (Wildman–Crippen LogP) is 0.667. The number of piperidine rings is 1. The van der Waals surface area contributed by atoms with Crippen molar-refractivity contribution in [1.82, 2.24) is 4.90 Å². The van der Waals surface area contributed by atoms with Gasteiger partial charge in [0.05, 0.1) is 6.10 Å². The van der Waals surface area contributed by atoms with Gasteiger partial charge >= 0.3 is 0 Å². The number of hydrogen-bond acceptors (Lipinski definition) is 2. The van der Waals surface area contributed by atoms with Crippen molar-refractivity contribution in [3.05, 3.63) is 6.92 Å². The summed E-state index contributed by atoms with van der Waals surface area (Å²) < 4.78 is 0. The van der Waals surface area contributed by atoms with Crippen LogP contribution < -0.4 is 0 Å². The Balaban J connectivity index is 2.18. The Hall–Kier alpha value is -0.0800. The largest absolute Gasteiger partial charge is 0.392 e. The molecule has 0 aromatic rings. The van der Waals surface area contributed by atoms with E-state index < -0.39 is 0 Å². The molecular weight excluding hydrogens is 126 g/mol. The van der Waals surface area contributed by atoms with E-state index in [-0.39, 0.29) is 6.10 Å². The summed E-state index contributed by atoms with van der Waals surface area (Å²) >= 11 is 0. The van der Waals surface area contributed by atoms with Gasteiger partial charge in [-0.25, -0.2) is 0 Å². The van der Waals surface area contributed by atoms with E-state index in [4.69, 9.17) is 0 Å². The van der Waals surface area contributed by atoms with Crippen molar-refractivity contribution in [1.29, 1.82) is 0 Å². The minimum atomic E-state index is -0.0831. The summed E-state index contributed by atoms with van der Waals surface area (Å²) in [5.74, 6) is 0. The highest BCUT2D eigenvalue weighted by Crippen LogP contribution is 2.09. The van der Waals surface area contributed by atoms with Crippen molar-refractivity contribution in [3.8, 4) is 0 Å². The SMILES string of the molecule is [CH2]CCN1CCC[C@H](O)C1. The summed E-state index contributed by atoms with van der Waals surface area (Å²) in [7, 11) is 0. The molecule has 0 saturated carbocycles. The zero-order valence-electron chi connectivity index (χ0n) is 6.42. The molecule has 0 bridgehead atoms. The van der Waals surface area contributed by atoms with Gasteiger partial charge in [-0.15, -0.1) is 0 Å². The van der Waals surface area contributed by atoms with E-state index in [0.29, 0.717) is 0 Å². The molecule has 0 aliphatic carbocycles. The molecule has 2 heteroatoms. The normalized spacial score (nSPS) is 28.8. The first-order chi connectivity index (χ1) is 4.83. The van der Waals surface area contributed by atoms with Gasteiger partial charge in [0.15, 0.2) is 0 Å². The molecule has 1 N–H and O–H groups in total. The molecule has 1 aliphatic rings. The zero-order valence-corrected chi connectivity index (χ0v) is 6.42. The highest BCUT2D eigenvalue weighted by atomic mass is 16.3. The van der Waals surface area contributed by atoms with E-state index in [0.717, 1.165) is 38.9 Å². The Labute approximate surface area is 62.8 Å². The molecule has 0 spiro atoms. The number of β-amino-alcohol motifs (C(OH)–C–C–N with tert-alkyl or cyclic N) is 1. The monoisotopic (exact) mass is 142 g/mol. The maximum Gasteiger partial charge on any atom is 0.0667 e. The molecule has 1 aliphatic heterocycles. The number of nitrogens with zero attached hydrogens (tertiary/aromatic N) is 1. The first-order valence-corrected chi connectivity index (χ1v) is 4.02. The molecule has 0 aromatic heterocycles. The maximum atomic E-state index is 9.24. The zero-order chi connectivity index (χ0) is 7.40. The van der Waals surface area contributed by atoms with Gasteiger partial charge in [0.2, 0.25) is 0 Å². The minimum Gasteiger partial charge on any atom is -0.392 e. The summed E-state index contributed by atoms with van der Waals surface area (Å²) in [5.41, 5.74) is 0. The first-order valence-electron chi connectivity index (χ1n) is 4.02. The fourth-order valence-electron chi connectivity index (χ4n) is 1.46. The summed E-state index contributed by atoms with van der Waals surface area (Å²) in [6.45, 7) is 6.82. The molecule has 1 saturated heterocycles. The van der Waals surface area contributed by atoms with Crippen molar-refractivity contribution < 1.29 is 5.11 Å². The van der Waals surface area contributed by atoms with E-state index in [1.807, 2.05) is 0 Å². The average Bonchev–Trinajstić information content (AvgIpc) is 1.88. The molecule has 1 heterocycles. The van der Waals surface area contributed by atoms with Gasteiger partial charge in [0, 0.05) is 6.54 Å². The van der Waals surface area contributed by atoms with E-state index >= 15 is 0 Å². The molecule has 0 aromatic carbocycles. The quantitative estimate of drug-likeness (QED) is 0.612. The van der Waals surface area contributed by atoms with Crippen molar-refractivity contribution in [3.63, 3.8) is 0 Å². The van der Waals surface area contributed by atoms with E-state index in [1.165, 1.54) is 0 Å².